The predicted molar refractivity (Wildman–Crippen MR) is 53.1 cm³/mol. The highest BCUT2D eigenvalue weighted by Gasteiger charge is 2.23. The van der Waals surface area contributed by atoms with Gasteiger partial charge < -0.3 is 9.84 Å². The van der Waals surface area contributed by atoms with Crippen molar-refractivity contribution in [2.45, 2.75) is 19.3 Å². The van der Waals surface area contributed by atoms with Gasteiger partial charge in [0.25, 0.3) is 0 Å². The van der Waals surface area contributed by atoms with Gasteiger partial charge in [0.15, 0.2) is 0 Å². The Hall–Kier alpha value is -1.09. The van der Waals surface area contributed by atoms with E-state index in [0.717, 1.165) is 5.56 Å². The van der Waals surface area contributed by atoms with E-state index < -0.39 is 5.41 Å². The van der Waals surface area contributed by atoms with Crippen molar-refractivity contribution in [2.75, 3.05) is 13.7 Å². The van der Waals surface area contributed by atoms with Crippen molar-refractivity contribution < 1.29 is 14.2 Å². The average Bonchev–Trinajstić information content (AvgIpc) is 2.17. The normalized spacial score (nSPS) is 11.5. The molecule has 78 valence electrons. The Morgan fingerprint density at radius 2 is 2.07 bits per heavy atom. The number of methoxy groups -OCH3 is 1. The number of ether oxygens (including phenoxy) is 1. The Balaban J connectivity index is 3.20. The maximum atomic E-state index is 12.9. The Kier molecular flexibility index (Phi) is 3.11. The van der Waals surface area contributed by atoms with Gasteiger partial charge in [0.05, 0.1) is 13.7 Å². The molecule has 0 bridgehead atoms. The molecule has 1 rings (SSSR count). The first-order valence-electron chi connectivity index (χ1n) is 4.46. The lowest BCUT2D eigenvalue weighted by molar-refractivity contribution is 0.214. The molecule has 0 unspecified atom stereocenters. The zero-order valence-electron chi connectivity index (χ0n) is 8.67. The van der Waals surface area contributed by atoms with Gasteiger partial charge >= 0.3 is 0 Å². The lowest BCUT2D eigenvalue weighted by Crippen LogP contribution is -2.22. The molecule has 0 saturated carbocycles. The summed E-state index contributed by atoms with van der Waals surface area (Å²) in [4.78, 5) is 0. The molecule has 0 aliphatic carbocycles. The standard InChI is InChI=1S/C11H15FO2/c1-11(2,7-13)9-5-4-8(12)6-10(9)14-3/h4-6,13H,7H2,1-3H3. The molecule has 0 aliphatic rings. The Morgan fingerprint density at radius 3 is 2.57 bits per heavy atom. The van der Waals surface area contributed by atoms with Gasteiger partial charge in [-0.25, -0.2) is 4.39 Å². The number of benzene rings is 1. The molecule has 0 aromatic heterocycles. The van der Waals surface area contributed by atoms with Crippen molar-refractivity contribution in [1.29, 1.82) is 0 Å². The third-order valence-corrected chi connectivity index (χ3v) is 2.29. The fourth-order valence-electron chi connectivity index (χ4n) is 1.31. The summed E-state index contributed by atoms with van der Waals surface area (Å²) in [7, 11) is 1.49. The van der Waals surface area contributed by atoms with Gasteiger partial charge in [0, 0.05) is 17.0 Å². The van der Waals surface area contributed by atoms with Gasteiger partial charge in [0.2, 0.25) is 0 Å². The van der Waals surface area contributed by atoms with Gasteiger partial charge in [-0.05, 0) is 6.07 Å². The monoisotopic (exact) mass is 198 g/mol. The Morgan fingerprint density at radius 1 is 1.43 bits per heavy atom. The van der Waals surface area contributed by atoms with Crippen LogP contribution >= 0.6 is 0 Å². The summed E-state index contributed by atoms with van der Waals surface area (Å²) in [5, 5.41) is 9.19. The molecule has 0 aliphatic heterocycles. The lowest BCUT2D eigenvalue weighted by Gasteiger charge is -2.24. The quantitative estimate of drug-likeness (QED) is 0.806. The summed E-state index contributed by atoms with van der Waals surface area (Å²) in [6.45, 7) is 3.75. The van der Waals surface area contributed by atoms with Gasteiger partial charge in [-0.3, -0.25) is 0 Å². The topological polar surface area (TPSA) is 29.5 Å². The smallest absolute Gasteiger partial charge is 0.126 e. The maximum Gasteiger partial charge on any atom is 0.126 e. The van der Waals surface area contributed by atoms with Crippen molar-refractivity contribution in [3.8, 4) is 5.75 Å². The summed E-state index contributed by atoms with van der Waals surface area (Å²) < 4.78 is 17.9. The minimum atomic E-state index is -0.418. The van der Waals surface area contributed by atoms with Crippen LogP contribution in [0.2, 0.25) is 0 Å². The van der Waals surface area contributed by atoms with Crippen molar-refractivity contribution in [2.24, 2.45) is 0 Å². The first kappa shape index (κ1) is 11.0. The third kappa shape index (κ3) is 2.04. The molecule has 0 saturated heterocycles. The average molecular weight is 198 g/mol. The molecule has 0 fully saturated rings. The van der Waals surface area contributed by atoms with Crippen molar-refractivity contribution in [3.63, 3.8) is 0 Å². The van der Waals surface area contributed by atoms with Crippen LogP contribution in [0.5, 0.6) is 5.75 Å². The van der Waals surface area contributed by atoms with Crippen LogP contribution in [0.4, 0.5) is 4.39 Å². The van der Waals surface area contributed by atoms with Crippen LogP contribution in [-0.4, -0.2) is 18.8 Å². The first-order chi connectivity index (χ1) is 6.51. The highest BCUT2D eigenvalue weighted by Crippen LogP contribution is 2.31. The zero-order valence-corrected chi connectivity index (χ0v) is 8.67. The molecule has 14 heavy (non-hydrogen) atoms. The van der Waals surface area contributed by atoms with Gasteiger partial charge in [-0.1, -0.05) is 19.9 Å². The zero-order chi connectivity index (χ0) is 10.8. The second-order valence-electron chi connectivity index (χ2n) is 3.89. The van der Waals surface area contributed by atoms with Crippen LogP contribution in [0.15, 0.2) is 18.2 Å². The van der Waals surface area contributed by atoms with Gasteiger partial charge in [-0.15, -0.1) is 0 Å². The molecule has 0 atom stereocenters. The molecule has 0 radical (unpaired) electrons. The molecule has 3 heteroatoms. The van der Waals surface area contributed by atoms with E-state index >= 15 is 0 Å². The van der Waals surface area contributed by atoms with Crippen LogP contribution in [0.3, 0.4) is 0 Å². The molecule has 2 nitrogen and oxygen atoms in total. The van der Waals surface area contributed by atoms with Gasteiger partial charge in [-0.2, -0.15) is 0 Å². The second kappa shape index (κ2) is 3.96. The minimum Gasteiger partial charge on any atom is -0.496 e. The van der Waals surface area contributed by atoms with Crippen LogP contribution < -0.4 is 4.74 Å². The summed E-state index contributed by atoms with van der Waals surface area (Å²) >= 11 is 0. The number of aliphatic hydroxyl groups excluding tert-OH is 1. The molecule has 0 amide bonds. The molecular formula is C11H15FO2. The molecule has 0 spiro atoms. The van der Waals surface area contributed by atoms with Gasteiger partial charge in [0.1, 0.15) is 11.6 Å². The number of rotatable bonds is 3. The molecule has 1 aromatic rings. The highest BCUT2D eigenvalue weighted by atomic mass is 19.1. The van der Waals surface area contributed by atoms with Crippen LogP contribution in [0, 0.1) is 5.82 Å². The van der Waals surface area contributed by atoms with Crippen LogP contribution in [-0.2, 0) is 5.41 Å². The van der Waals surface area contributed by atoms with Crippen LogP contribution in [0.1, 0.15) is 19.4 Å². The predicted octanol–water partition coefficient (Wildman–Crippen LogP) is 2.10. The van der Waals surface area contributed by atoms with E-state index in [0.29, 0.717) is 5.75 Å². The largest absolute Gasteiger partial charge is 0.496 e. The van der Waals surface area contributed by atoms with E-state index in [4.69, 9.17) is 4.74 Å². The summed E-state index contributed by atoms with van der Waals surface area (Å²) in [6, 6.07) is 4.34. The Labute approximate surface area is 83.3 Å². The highest BCUT2D eigenvalue weighted by molar-refractivity contribution is 5.39. The molecule has 1 N–H and O–H groups in total. The number of aliphatic hydroxyl groups is 1. The molecular weight excluding hydrogens is 183 g/mol. The van der Waals surface area contributed by atoms with E-state index in [1.807, 2.05) is 13.8 Å². The summed E-state index contributed by atoms with van der Waals surface area (Å²) in [5.41, 5.74) is 0.392. The SMILES string of the molecule is COc1cc(F)ccc1C(C)(C)CO. The van der Waals surface area contributed by atoms with Crippen LogP contribution in [0.25, 0.3) is 0 Å². The third-order valence-electron chi connectivity index (χ3n) is 2.29. The van der Waals surface area contributed by atoms with E-state index in [-0.39, 0.29) is 12.4 Å². The summed E-state index contributed by atoms with van der Waals surface area (Å²) in [6.07, 6.45) is 0. The van der Waals surface area contributed by atoms with Crippen molar-refractivity contribution in [1.82, 2.24) is 0 Å². The van der Waals surface area contributed by atoms with E-state index in [1.165, 1.54) is 19.2 Å². The van der Waals surface area contributed by atoms with Crippen molar-refractivity contribution in [3.05, 3.63) is 29.6 Å². The number of hydrogen-bond acceptors (Lipinski definition) is 2. The van der Waals surface area contributed by atoms with Crippen molar-refractivity contribution >= 4 is 0 Å². The first-order valence-corrected chi connectivity index (χ1v) is 4.46. The molecule has 1 aromatic carbocycles. The second-order valence-corrected chi connectivity index (χ2v) is 3.89. The lowest BCUT2D eigenvalue weighted by atomic mass is 9.85. The van der Waals surface area contributed by atoms with E-state index in [1.54, 1.807) is 6.07 Å². The fourth-order valence-corrected chi connectivity index (χ4v) is 1.31. The fraction of sp³-hybridized carbons (Fsp3) is 0.455. The van der Waals surface area contributed by atoms with E-state index in [9.17, 15) is 9.50 Å². The number of halogens is 1. The molecule has 0 heterocycles. The number of hydrogen-bond donors (Lipinski definition) is 1. The minimum absolute atomic E-state index is 0.00497. The van der Waals surface area contributed by atoms with E-state index in [2.05, 4.69) is 0 Å². The maximum absolute atomic E-state index is 12.9. The Bertz CT molecular complexity index is 321. The summed E-state index contributed by atoms with van der Waals surface area (Å²) in [5.74, 6) is 0.142.